The van der Waals surface area contributed by atoms with Gasteiger partial charge in [-0.3, -0.25) is 14.8 Å². The van der Waals surface area contributed by atoms with Gasteiger partial charge in [0.25, 0.3) is 0 Å². The summed E-state index contributed by atoms with van der Waals surface area (Å²) < 4.78 is 0. The molecule has 3 rings (SSSR count). The Morgan fingerprint density at radius 2 is 2.07 bits per heavy atom. The third-order valence-electron chi connectivity index (χ3n) is 4.61. The van der Waals surface area contributed by atoms with Crippen molar-refractivity contribution in [3.8, 4) is 11.3 Å². The maximum atomic E-state index is 12.3. The van der Waals surface area contributed by atoms with Gasteiger partial charge in [-0.2, -0.15) is 5.10 Å². The molecule has 1 aromatic heterocycles. The van der Waals surface area contributed by atoms with E-state index in [9.17, 15) is 4.79 Å². The lowest BCUT2D eigenvalue weighted by Gasteiger charge is -2.14. The second-order valence-electron chi connectivity index (χ2n) is 7.17. The fraction of sp³-hybridized carbons (Fsp3) is 0.217. The van der Waals surface area contributed by atoms with Crippen LogP contribution in [0, 0.1) is 6.92 Å². The van der Waals surface area contributed by atoms with Gasteiger partial charge in [0, 0.05) is 42.6 Å². The molecule has 0 fully saturated rings. The van der Waals surface area contributed by atoms with Crippen molar-refractivity contribution in [2.45, 2.75) is 19.9 Å². The molecule has 0 radical (unpaired) electrons. The van der Waals surface area contributed by atoms with Gasteiger partial charge in [-0.15, -0.1) is 0 Å². The Labute approximate surface area is 171 Å². The van der Waals surface area contributed by atoms with Crippen molar-refractivity contribution < 1.29 is 4.79 Å². The molecule has 150 valence electrons. The largest absolute Gasteiger partial charge is 0.399 e. The van der Waals surface area contributed by atoms with Gasteiger partial charge in [0.05, 0.1) is 5.69 Å². The number of aryl methyl sites for hydroxylation is 1. The van der Waals surface area contributed by atoms with Crippen LogP contribution in [-0.2, 0) is 11.3 Å². The fourth-order valence-corrected chi connectivity index (χ4v) is 3.05. The molecule has 0 aliphatic carbocycles. The molecular weight excluding hydrogens is 362 g/mol. The molecule has 6 nitrogen and oxygen atoms in total. The molecule has 29 heavy (non-hydrogen) atoms. The molecule has 1 heterocycles. The van der Waals surface area contributed by atoms with Gasteiger partial charge in [-0.25, -0.2) is 0 Å². The van der Waals surface area contributed by atoms with Gasteiger partial charge in [0.1, 0.15) is 0 Å². The van der Waals surface area contributed by atoms with Crippen molar-refractivity contribution in [3.05, 3.63) is 78.0 Å². The van der Waals surface area contributed by atoms with Crippen molar-refractivity contribution in [2.75, 3.05) is 24.6 Å². The maximum absolute atomic E-state index is 12.3. The van der Waals surface area contributed by atoms with Gasteiger partial charge < -0.3 is 11.1 Å². The number of nitrogen functional groups attached to an aromatic ring is 1. The third kappa shape index (κ3) is 6.05. The first-order valence-corrected chi connectivity index (χ1v) is 9.59. The molecule has 1 amide bonds. The van der Waals surface area contributed by atoms with Gasteiger partial charge in [-0.1, -0.05) is 36.4 Å². The van der Waals surface area contributed by atoms with E-state index in [4.69, 9.17) is 5.73 Å². The zero-order chi connectivity index (χ0) is 20.6. The number of amides is 1. The normalized spacial score (nSPS) is 11.3. The Bertz CT molecular complexity index is 979. The van der Waals surface area contributed by atoms with E-state index < -0.39 is 0 Å². The number of anilines is 2. The quantitative estimate of drug-likeness (QED) is 0.402. The van der Waals surface area contributed by atoms with E-state index >= 15 is 0 Å². The molecule has 0 saturated heterocycles. The second-order valence-corrected chi connectivity index (χ2v) is 7.17. The highest BCUT2D eigenvalue weighted by atomic mass is 16.1. The number of aromatic nitrogens is 2. The molecule has 2 aromatic carbocycles. The van der Waals surface area contributed by atoms with Crippen molar-refractivity contribution in [2.24, 2.45) is 0 Å². The number of likely N-dealkylation sites (N-methyl/N-ethyl adjacent to an activating group) is 1. The Kier molecular flexibility index (Phi) is 6.81. The lowest BCUT2D eigenvalue weighted by Crippen LogP contribution is -2.18. The molecule has 0 unspecified atom stereocenters. The lowest BCUT2D eigenvalue weighted by atomic mass is 10.1. The number of hydrogen-bond donors (Lipinski definition) is 3. The van der Waals surface area contributed by atoms with E-state index in [-0.39, 0.29) is 5.91 Å². The van der Waals surface area contributed by atoms with Crippen molar-refractivity contribution >= 4 is 17.3 Å². The number of nitrogens with two attached hydrogens (primary N) is 1. The van der Waals surface area contributed by atoms with E-state index in [1.807, 2.05) is 68.6 Å². The number of nitrogens with one attached hydrogen (secondary N) is 2. The molecule has 3 aromatic rings. The molecule has 0 aliphatic heterocycles. The van der Waals surface area contributed by atoms with Crippen LogP contribution in [0.25, 0.3) is 11.3 Å². The number of hydrogen-bond acceptors (Lipinski definition) is 4. The standard InChI is InChI=1S/C23H27N5O/c1-17-9-10-19(21-11-12-25-27-21)15-22(17)26-23(29)8-3-4-13-28(2)16-18-6-5-7-20(24)14-18/h3-7,9-12,14-15H,8,13,16,24H2,1-2H3,(H,25,27)(H,26,29)/b4-3+. The van der Waals surface area contributed by atoms with Crippen LogP contribution in [0.15, 0.2) is 66.9 Å². The molecule has 0 aliphatic rings. The van der Waals surface area contributed by atoms with Crippen LogP contribution >= 0.6 is 0 Å². The van der Waals surface area contributed by atoms with Crippen molar-refractivity contribution in [3.63, 3.8) is 0 Å². The number of carbonyl (C=O) groups excluding carboxylic acids is 1. The average molecular weight is 390 g/mol. The number of nitrogens with zero attached hydrogens (tertiary/aromatic N) is 2. The summed E-state index contributed by atoms with van der Waals surface area (Å²) in [7, 11) is 2.04. The van der Waals surface area contributed by atoms with Crippen molar-refractivity contribution in [1.82, 2.24) is 15.1 Å². The van der Waals surface area contributed by atoms with E-state index in [1.54, 1.807) is 6.20 Å². The van der Waals surface area contributed by atoms with E-state index in [2.05, 4.69) is 26.5 Å². The minimum absolute atomic E-state index is 0.0374. The summed E-state index contributed by atoms with van der Waals surface area (Å²) in [4.78, 5) is 14.5. The first kappa shape index (κ1) is 20.4. The predicted octanol–water partition coefficient (Wildman–Crippen LogP) is 3.98. The molecule has 4 N–H and O–H groups in total. The average Bonchev–Trinajstić information content (AvgIpc) is 3.22. The number of carbonyl (C=O) groups is 1. The highest BCUT2D eigenvalue weighted by Crippen LogP contribution is 2.24. The van der Waals surface area contributed by atoms with Gasteiger partial charge in [0.2, 0.25) is 5.91 Å². The Balaban J connectivity index is 1.49. The zero-order valence-corrected chi connectivity index (χ0v) is 16.9. The summed E-state index contributed by atoms with van der Waals surface area (Å²) >= 11 is 0. The van der Waals surface area contributed by atoms with Crippen LogP contribution < -0.4 is 11.1 Å². The summed E-state index contributed by atoms with van der Waals surface area (Å²) in [6, 6.07) is 15.7. The smallest absolute Gasteiger partial charge is 0.228 e. The molecule has 6 heteroatoms. The fourth-order valence-electron chi connectivity index (χ4n) is 3.05. The topological polar surface area (TPSA) is 87.0 Å². The number of benzene rings is 2. The monoisotopic (exact) mass is 389 g/mol. The summed E-state index contributed by atoms with van der Waals surface area (Å²) in [5, 5.41) is 9.91. The third-order valence-corrected chi connectivity index (χ3v) is 4.61. The van der Waals surface area contributed by atoms with Crippen molar-refractivity contribution in [1.29, 1.82) is 0 Å². The van der Waals surface area contributed by atoms with Crippen LogP contribution in [0.1, 0.15) is 17.5 Å². The first-order valence-electron chi connectivity index (χ1n) is 9.59. The number of H-pyrrole nitrogens is 1. The molecule has 0 saturated carbocycles. The van der Waals surface area contributed by atoms with E-state index in [0.29, 0.717) is 6.42 Å². The summed E-state index contributed by atoms with van der Waals surface area (Å²) in [5.41, 5.74) is 11.5. The summed E-state index contributed by atoms with van der Waals surface area (Å²) in [6.45, 7) is 3.55. The second kappa shape index (κ2) is 9.71. The highest BCUT2D eigenvalue weighted by molar-refractivity contribution is 5.93. The van der Waals surface area contributed by atoms with E-state index in [1.165, 1.54) is 5.56 Å². The van der Waals surface area contributed by atoms with Crippen LogP contribution in [0.3, 0.4) is 0 Å². The van der Waals surface area contributed by atoms with Crippen LogP contribution in [-0.4, -0.2) is 34.6 Å². The minimum atomic E-state index is -0.0374. The highest BCUT2D eigenvalue weighted by Gasteiger charge is 2.07. The first-order chi connectivity index (χ1) is 14.0. The van der Waals surface area contributed by atoms with Crippen LogP contribution in [0.2, 0.25) is 0 Å². The molecule has 0 atom stereocenters. The Morgan fingerprint density at radius 1 is 1.21 bits per heavy atom. The van der Waals surface area contributed by atoms with Crippen LogP contribution in [0.4, 0.5) is 11.4 Å². The maximum Gasteiger partial charge on any atom is 0.228 e. The van der Waals surface area contributed by atoms with E-state index in [0.717, 1.165) is 41.3 Å². The summed E-state index contributed by atoms with van der Waals surface area (Å²) in [6.07, 6.45) is 5.96. The summed E-state index contributed by atoms with van der Waals surface area (Å²) in [5.74, 6) is -0.0374. The van der Waals surface area contributed by atoms with Gasteiger partial charge in [0.15, 0.2) is 0 Å². The Hall–Kier alpha value is -3.38. The SMILES string of the molecule is Cc1ccc(-c2ccn[nH]2)cc1NC(=O)C/C=C/CN(C)Cc1cccc(N)c1. The number of rotatable bonds is 8. The molecular formula is C23H27N5O. The van der Waals surface area contributed by atoms with Gasteiger partial charge in [-0.05, 0) is 49.4 Å². The zero-order valence-electron chi connectivity index (χ0n) is 16.9. The van der Waals surface area contributed by atoms with Gasteiger partial charge >= 0.3 is 0 Å². The number of aromatic amines is 1. The molecule has 0 spiro atoms. The predicted molar refractivity (Wildman–Crippen MR) is 118 cm³/mol. The lowest BCUT2D eigenvalue weighted by molar-refractivity contribution is -0.115. The minimum Gasteiger partial charge on any atom is -0.399 e. The van der Waals surface area contributed by atoms with Crippen LogP contribution in [0.5, 0.6) is 0 Å². The Morgan fingerprint density at radius 3 is 2.83 bits per heavy atom. The molecule has 0 bridgehead atoms.